The molecule has 2 N–H and O–H groups in total. The molecule has 0 aliphatic carbocycles. The van der Waals surface area contributed by atoms with Crippen molar-refractivity contribution >= 4 is 17.3 Å². The van der Waals surface area contributed by atoms with Gasteiger partial charge in [0.05, 0.1) is 12.3 Å². The van der Waals surface area contributed by atoms with Crippen molar-refractivity contribution < 1.29 is 19.0 Å². The van der Waals surface area contributed by atoms with Gasteiger partial charge in [0, 0.05) is 10.9 Å². The summed E-state index contributed by atoms with van der Waals surface area (Å²) >= 11 is 1.25. The van der Waals surface area contributed by atoms with E-state index in [4.69, 9.17) is 4.74 Å². The number of H-pyrrole nitrogens is 1. The van der Waals surface area contributed by atoms with Gasteiger partial charge in [-0.15, -0.1) is 11.3 Å². The number of nitrogens with one attached hydrogen (secondary N) is 1. The minimum Gasteiger partial charge on any atom is -0.461 e. The summed E-state index contributed by atoms with van der Waals surface area (Å²) in [6, 6.07) is 5.85. The molecule has 0 fully saturated rings. The third-order valence-corrected chi connectivity index (χ3v) is 4.08. The van der Waals surface area contributed by atoms with Gasteiger partial charge < -0.3 is 14.8 Å². The van der Waals surface area contributed by atoms with Gasteiger partial charge in [-0.1, -0.05) is 0 Å². The van der Waals surface area contributed by atoms with Crippen LogP contribution in [0.25, 0.3) is 22.0 Å². The van der Waals surface area contributed by atoms with Crippen LogP contribution in [0.2, 0.25) is 0 Å². The highest BCUT2D eigenvalue weighted by Crippen LogP contribution is 2.32. The number of carbonyl (C=O) groups is 1. The van der Waals surface area contributed by atoms with Crippen molar-refractivity contribution in [3.63, 3.8) is 0 Å². The van der Waals surface area contributed by atoms with Gasteiger partial charge in [0.15, 0.2) is 5.69 Å². The summed E-state index contributed by atoms with van der Waals surface area (Å²) in [5.74, 6) is -0.487. The summed E-state index contributed by atoms with van der Waals surface area (Å²) in [6.07, 6.45) is 0. The van der Waals surface area contributed by atoms with E-state index >= 15 is 0 Å². The van der Waals surface area contributed by atoms with Crippen LogP contribution in [0, 0.1) is 5.82 Å². The minimum atomic E-state index is -0.495. The zero-order valence-corrected chi connectivity index (χ0v) is 13.6. The Kier molecular flexibility index (Phi) is 4.68. The number of ether oxygens (including phenoxy) is 1. The number of thiazole rings is 1. The molecule has 6 nitrogen and oxygen atoms in total. The second-order valence-electron chi connectivity index (χ2n) is 4.83. The first-order valence-corrected chi connectivity index (χ1v) is 8.09. The number of aliphatic hydroxyl groups excluding tert-OH is 1. The predicted octanol–water partition coefficient (Wildman–Crippen LogP) is 3.01. The topological polar surface area (TPSA) is 88.1 Å². The molecule has 0 aliphatic heterocycles. The first-order valence-electron chi connectivity index (χ1n) is 7.21. The molecule has 1 aromatic carbocycles. The van der Waals surface area contributed by atoms with Gasteiger partial charge in [0.1, 0.15) is 29.0 Å². The van der Waals surface area contributed by atoms with E-state index in [2.05, 4.69) is 15.0 Å². The maximum Gasteiger partial charge on any atom is 0.357 e. The number of imidazole rings is 1. The standard InChI is InChI=1S/C16H14FN3O3S/c1-2-23-16(22)11-8-24-15(18-11)14-13(19-12(7-21)20-14)9-3-5-10(17)6-4-9/h3-6,8,21H,2,7H2,1H3,(H,19,20). The Hall–Kier alpha value is -2.58. The Bertz CT molecular complexity index is 858. The molecule has 3 aromatic rings. The molecule has 24 heavy (non-hydrogen) atoms. The summed E-state index contributed by atoms with van der Waals surface area (Å²) in [7, 11) is 0. The quantitative estimate of drug-likeness (QED) is 0.693. The van der Waals surface area contributed by atoms with E-state index in [1.807, 2.05) is 0 Å². The summed E-state index contributed by atoms with van der Waals surface area (Å²) < 4.78 is 18.1. The number of hydrogen-bond donors (Lipinski definition) is 2. The molecule has 0 bridgehead atoms. The van der Waals surface area contributed by atoms with Crippen LogP contribution in [0.3, 0.4) is 0 Å². The molecule has 3 rings (SSSR count). The smallest absolute Gasteiger partial charge is 0.357 e. The number of rotatable bonds is 5. The van der Waals surface area contributed by atoms with Gasteiger partial charge in [-0.25, -0.2) is 19.2 Å². The van der Waals surface area contributed by atoms with Gasteiger partial charge in [-0.05, 0) is 31.2 Å². The van der Waals surface area contributed by atoms with Gasteiger partial charge in [0.25, 0.3) is 0 Å². The van der Waals surface area contributed by atoms with Gasteiger partial charge in [-0.3, -0.25) is 0 Å². The molecule has 0 amide bonds. The molecule has 0 radical (unpaired) electrons. The SMILES string of the molecule is CCOC(=O)c1csc(-c2[nH]c(CO)nc2-c2ccc(F)cc2)n1. The highest BCUT2D eigenvalue weighted by atomic mass is 32.1. The van der Waals surface area contributed by atoms with E-state index < -0.39 is 5.97 Å². The number of benzene rings is 1. The maximum absolute atomic E-state index is 13.1. The molecule has 8 heteroatoms. The fourth-order valence-electron chi connectivity index (χ4n) is 2.16. The summed E-state index contributed by atoms with van der Waals surface area (Å²) in [5.41, 5.74) is 1.98. The summed E-state index contributed by atoms with van der Waals surface area (Å²) in [6.45, 7) is 1.72. The van der Waals surface area contributed by atoms with Crippen LogP contribution < -0.4 is 0 Å². The second kappa shape index (κ2) is 6.90. The van der Waals surface area contributed by atoms with Gasteiger partial charge in [-0.2, -0.15) is 0 Å². The number of aromatic nitrogens is 3. The lowest BCUT2D eigenvalue weighted by atomic mass is 10.1. The predicted molar refractivity (Wildman–Crippen MR) is 87.0 cm³/mol. The molecule has 0 spiro atoms. The van der Waals surface area contributed by atoms with E-state index in [1.165, 1.54) is 23.5 Å². The first-order chi connectivity index (χ1) is 11.6. The Morgan fingerprint density at radius 1 is 1.33 bits per heavy atom. The van der Waals surface area contributed by atoms with Crippen LogP contribution in [0.1, 0.15) is 23.2 Å². The van der Waals surface area contributed by atoms with Crippen LogP contribution in [-0.2, 0) is 11.3 Å². The first kappa shape index (κ1) is 16.3. The Balaban J connectivity index is 2.03. The monoisotopic (exact) mass is 347 g/mol. The lowest BCUT2D eigenvalue weighted by molar-refractivity contribution is 0.0520. The number of nitrogens with zero attached hydrogens (tertiary/aromatic N) is 2. The number of aliphatic hydroxyl groups is 1. The summed E-state index contributed by atoms with van der Waals surface area (Å²) in [5, 5.41) is 11.5. The lowest BCUT2D eigenvalue weighted by Gasteiger charge is -2.00. The number of aromatic amines is 1. The molecule has 2 heterocycles. The van der Waals surface area contributed by atoms with Crippen LogP contribution in [0.5, 0.6) is 0 Å². The zero-order valence-electron chi connectivity index (χ0n) is 12.7. The van der Waals surface area contributed by atoms with Crippen LogP contribution in [-0.4, -0.2) is 32.6 Å². The Morgan fingerprint density at radius 2 is 2.08 bits per heavy atom. The third kappa shape index (κ3) is 3.19. The second-order valence-corrected chi connectivity index (χ2v) is 5.69. The molecule has 0 saturated carbocycles. The maximum atomic E-state index is 13.1. The molecule has 0 unspecified atom stereocenters. The van der Waals surface area contributed by atoms with Crippen molar-refractivity contribution in [3.05, 3.63) is 47.0 Å². The van der Waals surface area contributed by atoms with Crippen molar-refractivity contribution in [1.82, 2.24) is 15.0 Å². The van der Waals surface area contributed by atoms with Gasteiger partial charge in [0.2, 0.25) is 0 Å². The number of halogens is 1. The van der Waals surface area contributed by atoms with E-state index in [9.17, 15) is 14.3 Å². The van der Waals surface area contributed by atoms with Crippen molar-refractivity contribution in [2.24, 2.45) is 0 Å². The van der Waals surface area contributed by atoms with Crippen molar-refractivity contribution in [2.75, 3.05) is 6.61 Å². The average Bonchev–Trinajstić information content (AvgIpc) is 3.22. The van der Waals surface area contributed by atoms with E-state index in [0.717, 1.165) is 0 Å². The van der Waals surface area contributed by atoms with Crippen LogP contribution in [0.15, 0.2) is 29.6 Å². The molecule has 124 valence electrons. The Labute approximate surface area is 141 Å². The van der Waals surface area contributed by atoms with Crippen LogP contribution >= 0.6 is 11.3 Å². The highest BCUT2D eigenvalue weighted by Gasteiger charge is 2.19. The number of carbonyl (C=O) groups excluding carboxylic acids is 1. The Morgan fingerprint density at radius 3 is 2.75 bits per heavy atom. The van der Waals surface area contributed by atoms with Crippen molar-refractivity contribution in [1.29, 1.82) is 0 Å². The molecule has 2 aromatic heterocycles. The number of esters is 1. The van der Waals surface area contributed by atoms with Crippen molar-refractivity contribution in [3.8, 4) is 22.0 Å². The fourth-order valence-corrected chi connectivity index (χ4v) is 2.94. The van der Waals surface area contributed by atoms with Crippen molar-refractivity contribution in [2.45, 2.75) is 13.5 Å². The molecule has 0 atom stereocenters. The largest absolute Gasteiger partial charge is 0.461 e. The zero-order chi connectivity index (χ0) is 17.1. The third-order valence-electron chi connectivity index (χ3n) is 3.22. The van der Waals surface area contributed by atoms with E-state index in [1.54, 1.807) is 24.4 Å². The average molecular weight is 347 g/mol. The summed E-state index contributed by atoms with van der Waals surface area (Å²) in [4.78, 5) is 23.3. The minimum absolute atomic E-state index is 0.210. The van der Waals surface area contributed by atoms with Gasteiger partial charge >= 0.3 is 5.97 Å². The fraction of sp³-hybridized carbons (Fsp3) is 0.188. The normalized spacial score (nSPS) is 10.8. The highest BCUT2D eigenvalue weighted by molar-refractivity contribution is 7.13. The van der Waals surface area contributed by atoms with E-state index in [-0.39, 0.29) is 24.7 Å². The molecular formula is C16H14FN3O3S. The lowest BCUT2D eigenvalue weighted by Crippen LogP contribution is -2.04. The molecule has 0 saturated heterocycles. The number of hydrogen-bond acceptors (Lipinski definition) is 6. The van der Waals surface area contributed by atoms with E-state index in [0.29, 0.717) is 27.8 Å². The molecular weight excluding hydrogens is 333 g/mol. The molecule has 0 aliphatic rings. The van der Waals surface area contributed by atoms with Crippen LogP contribution in [0.4, 0.5) is 4.39 Å².